The Morgan fingerprint density at radius 1 is 0.345 bits per heavy atom. The zero-order valence-electron chi connectivity index (χ0n) is 38.2. The number of hydrogen-bond acceptors (Lipinski definition) is 12. The molecule has 0 aromatic heterocycles. The van der Waals surface area contributed by atoms with Crippen LogP contribution in [-0.4, -0.2) is 179 Å². The summed E-state index contributed by atoms with van der Waals surface area (Å²) in [6.07, 6.45) is 14.7. The van der Waals surface area contributed by atoms with E-state index in [2.05, 4.69) is 77.1 Å². The maximum Gasteiger partial charge on any atom is 0.237 e. The van der Waals surface area contributed by atoms with E-state index in [1.165, 1.54) is 0 Å². The molecule has 0 radical (unpaired) electrons. The van der Waals surface area contributed by atoms with Crippen molar-refractivity contribution in [3.05, 3.63) is 0 Å². The van der Waals surface area contributed by atoms with Crippen LogP contribution in [-0.2, 0) is 19.2 Å². The van der Waals surface area contributed by atoms with Crippen LogP contribution in [0, 0.1) is 0 Å². The molecule has 0 aromatic carbocycles. The van der Waals surface area contributed by atoms with Crippen LogP contribution in [0.15, 0.2) is 0 Å². The lowest BCUT2D eigenvalue weighted by atomic mass is 10.1. The minimum atomic E-state index is -0.229. The van der Waals surface area contributed by atoms with E-state index in [1.807, 2.05) is 42.3 Å². The molecular formula is C42H90N12O4. The van der Waals surface area contributed by atoms with Gasteiger partial charge in [0.25, 0.3) is 0 Å². The number of carbonyl (C=O) groups excluding carboxylic acids is 4. The van der Waals surface area contributed by atoms with Crippen molar-refractivity contribution < 1.29 is 19.2 Å². The van der Waals surface area contributed by atoms with Crippen LogP contribution in [0.1, 0.15) is 103 Å². The predicted molar refractivity (Wildman–Crippen MR) is 240 cm³/mol. The highest BCUT2D eigenvalue weighted by molar-refractivity contribution is 5.83. The first-order valence-electron chi connectivity index (χ1n) is 22.5. The molecule has 0 spiro atoms. The SMILES string of the molecule is CNCCCCC(NC)C(=O)NCCCCC(NC)C(=O)NCCCN(C)CCCCN(C)CCCNC(=O)C(CCCCNC(=O)C(CCCCNC)NC)NC. The van der Waals surface area contributed by atoms with Crippen molar-refractivity contribution in [3.63, 3.8) is 0 Å². The molecule has 4 atom stereocenters. The fourth-order valence-electron chi connectivity index (χ4n) is 6.90. The largest absolute Gasteiger partial charge is 0.355 e. The van der Waals surface area contributed by atoms with Crippen LogP contribution in [0.3, 0.4) is 0 Å². The van der Waals surface area contributed by atoms with E-state index in [0.29, 0.717) is 26.2 Å². The lowest BCUT2D eigenvalue weighted by Crippen LogP contribution is -2.44. The number of likely N-dealkylation sites (N-methyl/N-ethyl adjacent to an activating group) is 4. The standard InChI is InChI=1S/C42H90N12O4/c1-43-25-13-9-21-35(45-3)39(55)49-27-15-11-23-37(47-5)41(57)51-29-19-33-53(7)31-17-18-32-54(8)34-20-30-52-42(58)38(48-6)24-12-16-28-50-40(56)36(46-4)22-10-14-26-44-2/h35-38,43-48H,9-34H2,1-8H3,(H,49,55)(H,50,56)(H,51,57)(H,52,58). The smallest absolute Gasteiger partial charge is 0.237 e. The summed E-state index contributed by atoms with van der Waals surface area (Å²) in [5.41, 5.74) is 0. The number of amides is 4. The minimum absolute atomic E-state index is 0.0366. The van der Waals surface area contributed by atoms with Crippen LogP contribution in [0.25, 0.3) is 0 Å². The Kier molecular flexibility index (Phi) is 37.1. The second-order valence-electron chi connectivity index (χ2n) is 15.7. The second-order valence-corrected chi connectivity index (χ2v) is 15.7. The zero-order valence-corrected chi connectivity index (χ0v) is 38.2. The van der Waals surface area contributed by atoms with Gasteiger partial charge in [-0.3, -0.25) is 19.2 Å². The van der Waals surface area contributed by atoms with Gasteiger partial charge in [0.1, 0.15) is 0 Å². The summed E-state index contributed by atoms with van der Waals surface area (Å²) in [7, 11) is 15.5. The zero-order chi connectivity index (χ0) is 43.2. The van der Waals surface area contributed by atoms with Crippen molar-refractivity contribution in [2.45, 2.75) is 127 Å². The van der Waals surface area contributed by atoms with Gasteiger partial charge in [0.15, 0.2) is 0 Å². The quantitative estimate of drug-likeness (QED) is 0.0381. The summed E-state index contributed by atoms with van der Waals surface area (Å²) in [6, 6.07) is -0.779. The highest BCUT2D eigenvalue weighted by Crippen LogP contribution is 2.05. The first-order valence-corrected chi connectivity index (χ1v) is 22.5. The van der Waals surface area contributed by atoms with Crippen LogP contribution in [0.5, 0.6) is 0 Å². The molecule has 0 saturated carbocycles. The summed E-state index contributed by atoms with van der Waals surface area (Å²) < 4.78 is 0. The van der Waals surface area contributed by atoms with Crippen molar-refractivity contribution in [1.82, 2.24) is 63.0 Å². The average molecular weight is 827 g/mol. The predicted octanol–water partition coefficient (Wildman–Crippen LogP) is 0.347. The molecule has 0 aliphatic heterocycles. The normalized spacial score (nSPS) is 13.6. The molecule has 58 heavy (non-hydrogen) atoms. The van der Waals surface area contributed by atoms with Crippen LogP contribution >= 0.6 is 0 Å². The molecule has 16 heteroatoms. The molecule has 4 unspecified atom stereocenters. The lowest BCUT2D eigenvalue weighted by molar-refractivity contribution is -0.124. The van der Waals surface area contributed by atoms with Crippen molar-refractivity contribution in [1.29, 1.82) is 0 Å². The third-order valence-electron chi connectivity index (χ3n) is 10.8. The molecule has 0 aliphatic carbocycles. The fraction of sp³-hybridized carbons (Fsp3) is 0.905. The van der Waals surface area contributed by atoms with Crippen molar-refractivity contribution in [3.8, 4) is 0 Å². The molecule has 0 aromatic rings. The van der Waals surface area contributed by atoms with Gasteiger partial charge in [-0.1, -0.05) is 12.8 Å². The Bertz CT molecular complexity index is 949. The van der Waals surface area contributed by atoms with Gasteiger partial charge < -0.3 is 63.0 Å². The van der Waals surface area contributed by atoms with Crippen molar-refractivity contribution in [2.24, 2.45) is 0 Å². The van der Waals surface area contributed by atoms with E-state index < -0.39 is 0 Å². The van der Waals surface area contributed by atoms with E-state index in [0.717, 1.165) is 142 Å². The van der Waals surface area contributed by atoms with E-state index in [-0.39, 0.29) is 47.8 Å². The van der Waals surface area contributed by atoms with Crippen LogP contribution in [0.4, 0.5) is 0 Å². The van der Waals surface area contributed by atoms with Crippen molar-refractivity contribution >= 4 is 23.6 Å². The van der Waals surface area contributed by atoms with Crippen molar-refractivity contribution in [2.75, 3.05) is 122 Å². The van der Waals surface area contributed by atoms with E-state index >= 15 is 0 Å². The van der Waals surface area contributed by atoms with Gasteiger partial charge in [0, 0.05) is 26.2 Å². The van der Waals surface area contributed by atoms with Gasteiger partial charge in [-0.05, 0) is 186 Å². The summed E-state index contributed by atoms with van der Waals surface area (Å²) >= 11 is 0. The molecule has 342 valence electrons. The number of carbonyl (C=O) groups is 4. The number of nitrogens with one attached hydrogen (secondary N) is 10. The Labute approximate surface area is 353 Å². The minimum Gasteiger partial charge on any atom is -0.355 e. The van der Waals surface area contributed by atoms with Gasteiger partial charge >= 0.3 is 0 Å². The third-order valence-corrected chi connectivity index (χ3v) is 10.8. The molecular weight excluding hydrogens is 737 g/mol. The summed E-state index contributed by atoms with van der Waals surface area (Å²) in [6.45, 7) is 8.37. The molecule has 10 N–H and O–H groups in total. The molecule has 0 saturated heterocycles. The number of rotatable bonds is 41. The number of unbranched alkanes of at least 4 members (excludes halogenated alkanes) is 5. The topological polar surface area (TPSA) is 195 Å². The van der Waals surface area contributed by atoms with Gasteiger partial charge in [0.2, 0.25) is 23.6 Å². The highest BCUT2D eigenvalue weighted by Gasteiger charge is 2.19. The van der Waals surface area contributed by atoms with Gasteiger partial charge in [-0.15, -0.1) is 0 Å². The molecule has 0 rings (SSSR count). The summed E-state index contributed by atoms with van der Waals surface area (Å²) in [5.74, 6) is 0.174. The highest BCUT2D eigenvalue weighted by atomic mass is 16.2. The fourth-order valence-corrected chi connectivity index (χ4v) is 6.90. The Morgan fingerprint density at radius 3 is 0.845 bits per heavy atom. The van der Waals surface area contributed by atoms with Crippen LogP contribution < -0.4 is 53.2 Å². The Hall–Kier alpha value is -2.44. The average Bonchev–Trinajstić information content (AvgIpc) is 3.22. The van der Waals surface area contributed by atoms with E-state index in [9.17, 15) is 19.2 Å². The molecule has 16 nitrogen and oxygen atoms in total. The Morgan fingerprint density at radius 2 is 0.586 bits per heavy atom. The molecule has 0 bridgehead atoms. The second kappa shape index (κ2) is 38.7. The summed E-state index contributed by atoms with van der Waals surface area (Å²) in [4.78, 5) is 55.1. The number of nitrogens with zero attached hydrogens (tertiary/aromatic N) is 2. The maximum absolute atomic E-state index is 12.7. The first-order chi connectivity index (χ1) is 28.1. The number of hydrogen-bond donors (Lipinski definition) is 10. The third kappa shape index (κ3) is 29.7. The van der Waals surface area contributed by atoms with E-state index in [1.54, 1.807) is 0 Å². The van der Waals surface area contributed by atoms with Gasteiger partial charge in [-0.2, -0.15) is 0 Å². The van der Waals surface area contributed by atoms with Gasteiger partial charge in [-0.25, -0.2) is 0 Å². The van der Waals surface area contributed by atoms with Gasteiger partial charge in [0.05, 0.1) is 24.2 Å². The monoisotopic (exact) mass is 827 g/mol. The maximum atomic E-state index is 12.7. The van der Waals surface area contributed by atoms with E-state index in [4.69, 9.17) is 0 Å². The lowest BCUT2D eigenvalue weighted by Gasteiger charge is -2.20. The first kappa shape index (κ1) is 55.6. The molecule has 0 aliphatic rings. The molecule has 0 fully saturated rings. The Balaban J connectivity index is 3.99. The van der Waals surface area contributed by atoms with Crippen LogP contribution in [0.2, 0.25) is 0 Å². The molecule has 4 amide bonds. The molecule has 0 heterocycles. The summed E-state index contributed by atoms with van der Waals surface area (Å²) in [5, 5.41) is 31.0.